The molecule has 7 aromatic carbocycles. The SMILES string of the molecule is c1ccc(-c2ccc3c(c2)c2ccccc2n3-c2ccc3sccc3c2)c(-c2ccc3c(c2)c2ccccc2n3-c2ccc3sccc3c2)c1. The van der Waals surface area contributed by atoms with Crippen LogP contribution in [-0.2, 0) is 0 Å². The molecular weight excluding hydrogens is 645 g/mol. The topological polar surface area (TPSA) is 9.86 Å². The first-order chi connectivity index (χ1) is 24.8. The Kier molecular flexibility index (Phi) is 6.03. The van der Waals surface area contributed by atoms with E-state index in [9.17, 15) is 0 Å². The van der Waals surface area contributed by atoms with Gasteiger partial charge in [0.25, 0.3) is 0 Å². The minimum absolute atomic E-state index is 1.19. The predicted molar refractivity (Wildman–Crippen MR) is 217 cm³/mol. The molecule has 0 bridgehead atoms. The van der Waals surface area contributed by atoms with E-state index in [0.29, 0.717) is 0 Å². The number of hydrogen-bond acceptors (Lipinski definition) is 2. The summed E-state index contributed by atoms with van der Waals surface area (Å²) in [6.45, 7) is 0. The molecule has 0 unspecified atom stereocenters. The average molecular weight is 673 g/mol. The number of aromatic nitrogens is 2. The van der Waals surface area contributed by atoms with Crippen molar-refractivity contribution in [3.8, 4) is 33.6 Å². The third kappa shape index (κ3) is 4.13. The van der Waals surface area contributed by atoms with Gasteiger partial charge in [-0.15, -0.1) is 22.7 Å². The van der Waals surface area contributed by atoms with Crippen molar-refractivity contribution in [3.63, 3.8) is 0 Å². The smallest absolute Gasteiger partial charge is 0.0541 e. The largest absolute Gasteiger partial charge is 0.309 e. The number of rotatable bonds is 4. The van der Waals surface area contributed by atoms with E-state index in [4.69, 9.17) is 0 Å². The second-order valence-electron chi connectivity index (χ2n) is 13.0. The lowest BCUT2D eigenvalue weighted by Crippen LogP contribution is -1.93. The highest BCUT2D eigenvalue weighted by Crippen LogP contribution is 2.41. The van der Waals surface area contributed by atoms with Gasteiger partial charge in [0, 0.05) is 42.3 Å². The lowest BCUT2D eigenvalue weighted by molar-refractivity contribution is 1.19. The van der Waals surface area contributed by atoms with Crippen LogP contribution in [0.15, 0.2) is 168 Å². The molecule has 0 saturated heterocycles. The van der Waals surface area contributed by atoms with Gasteiger partial charge in [-0.25, -0.2) is 0 Å². The van der Waals surface area contributed by atoms with Gasteiger partial charge in [-0.05, 0) is 129 Å². The number of thiophene rings is 2. The molecule has 0 radical (unpaired) electrons. The fourth-order valence-corrected chi connectivity index (χ4v) is 9.55. The van der Waals surface area contributed by atoms with E-state index in [0.717, 1.165) is 0 Å². The van der Waals surface area contributed by atoms with E-state index in [1.807, 2.05) is 0 Å². The zero-order chi connectivity index (χ0) is 32.8. The molecule has 0 atom stereocenters. The van der Waals surface area contributed by atoms with E-state index in [2.05, 4.69) is 178 Å². The number of hydrogen-bond donors (Lipinski definition) is 0. The van der Waals surface area contributed by atoms with Crippen molar-refractivity contribution in [1.29, 1.82) is 0 Å². The minimum Gasteiger partial charge on any atom is -0.309 e. The summed E-state index contributed by atoms with van der Waals surface area (Å²) >= 11 is 3.58. The van der Waals surface area contributed by atoms with E-state index in [1.54, 1.807) is 22.7 Å². The van der Waals surface area contributed by atoms with Crippen molar-refractivity contribution in [3.05, 3.63) is 168 Å². The van der Waals surface area contributed by atoms with Gasteiger partial charge in [0.1, 0.15) is 0 Å². The normalized spacial score (nSPS) is 12.0. The molecule has 11 aromatic rings. The second-order valence-corrected chi connectivity index (χ2v) is 14.9. The van der Waals surface area contributed by atoms with Gasteiger partial charge < -0.3 is 9.13 Å². The average Bonchev–Trinajstić information content (AvgIpc) is 3.97. The van der Waals surface area contributed by atoms with Crippen LogP contribution in [0.4, 0.5) is 0 Å². The van der Waals surface area contributed by atoms with Gasteiger partial charge >= 0.3 is 0 Å². The van der Waals surface area contributed by atoms with Crippen LogP contribution >= 0.6 is 22.7 Å². The van der Waals surface area contributed by atoms with Crippen LogP contribution in [-0.4, -0.2) is 9.13 Å². The Bertz CT molecular complexity index is 2900. The summed E-state index contributed by atoms with van der Waals surface area (Å²) in [7, 11) is 0. The Morgan fingerprint density at radius 2 is 0.780 bits per heavy atom. The van der Waals surface area contributed by atoms with Gasteiger partial charge in [-0.1, -0.05) is 72.8 Å². The van der Waals surface area contributed by atoms with Crippen molar-refractivity contribution in [2.45, 2.75) is 0 Å². The van der Waals surface area contributed by atoms with E-state index < -0.39 is 0 Å². The predicted octanol–water partition coefficient (Wildman–Crippen LogP) is 13.6. The maximum absolute atomic E-state index is 2.41. The third-order valence-electron chi connectivity index (χ3n) is 10.3. The zero-order valence-electron chi connectivity index (χ0n) is 26.9. The lowest BCUT2D eigenvalue weighted by Gasteiger charge is -2.12. The highest BCUT2D eigenvalue weighted by molar-refractivity contribution is 7.17. The molecular formula is C46H28N2S2. The van der Waals surface area contributed by atoms with Crippen LogP contribution in [0, 0.1) is 0 Å². The highest BCUT2D eigenvalue weighted by Gasteiger charge is 2.17. The fourth-order valence-electron chi connectivity index (χ4n) is 8.01. The van der Waals surface area contributed by atoms with Crippen molar-refractivity contribution < 1.29 is 0 Å². The van der Waals surface area contributed by atoms with Gasteiger partial charge in [-0.3, -0.25) is 0 Å². The summed E-state index contributed by atoms with van der Waals surface area (Å²) in [5, 5.41) is 12.0. The Morgan fingerprint density at radius 1 is 0.340 bits per heavy atom. The molecule has 234 valence electrons. The Balaban J connectivity index is 1.08. The maximum Gasteiger partial charge on any atom is 0.0541 e. The molecule has 0 N–H and O–H groups in total. The Labute approximate surface area is 296 Å². The van der Waals surface area contributed by atoms with Crippen LogP contribution in [0.3, 0.4) is 0 Å². The van der Waals surface area contributed by atoms with Crippen LogP contribution in [0.1, 0.15) is 0 Å². The van der Waals surface area contributed by atoms with Crippen molar-refractivity contribution in [2.24, 2.45) is 0 Å². The summed E-state index contributed by atoms with van der Waals surface area (Å²) in [5.41, 5.74) is 12.2. The molecule has 0 fully saturated rings. The van der Waals surface area contributed by atoms with Crippen LogP contribution < -0.4 is 0 Å². The summed E-state index contributed by atoms with van der Waals surface area (Å²) in [6, 6.07) is 58.5. The maximum atomic E-state index is 2.41. The second kappa shape index (κ2) is 10.8. The highest BCUT2D eigenvalue weighted by atomic mass is 32.1. The molecule has 0 saturated carbocycles. The summed E-state index contributed by atoms with van der Waals surface area (Å²) in [4.78, 5) is 0. The zero-order valence-corrected chi connectivity index (χ0v) is 28.5. The molecule has 2 nitrogen and oxygen atoms in total. The monoisotopic (exact) mass is 672 g/mol. The first-order valence-corrected chi connectivity index (χ1v) is 18.7. The van der Waals surface area contributed by atoms with Gasteiger partial charge in [0.15, 0.2) is 0 Å². The molecule has 4 aromatic heterocycles. The number of para-hydroxylation sites is 2. The van der Waals surface area contributed by atoms with Gasteiger partial charge in [0.2, 0.25) is 0 Å². The van der Waals surface area contributed by atoms with E-state index >= 15 is 0 Å². The first-order valence-electron chi connectivity index (χ1n) is 16.9. The standard InChI is InChI=1S/C46H28N2S2/c1-2-8-36(30-14-18-44-40(28-30)38-10-4-6-12-42(38)48(44)34-16-20-46-32(26-34)22-24-50-46)35(7-1)29-13-17-43-39(27-29)37-9-3-5-11-41(37)47(43)33-15-19-45-31(25-33)21-23-49-45/h1-28H. The summed E-state index contributed by atoms with van der Waals surface area (Å²) < 4.78 is 7.46. The van der Waals surface area contributed by atoms with E-state index in [-0.39, 0.29) is 0 Å². The van der Waals surface area contributed by atoms with Gasteiger partial charge in [0.05, 0.1) is 22.1 Å². The van der Waals surface area contributed by atoms with Crippen molar-refractivity contribution >= 4 is 86.5 Å². The molecule has 0 amide bonds. The van der Waals surface area contributed by atoms with Gasteiger partial charge in [-0.2, -0.15) is 0 Å². The number of fused-ring (bicyclic) bond motifs is 8. The van der Waals surface area contributed by atoms with Crippen molar-refractivity contribution in [1.82, 2.24) is 9.13 Å². The molecule has 50 heavy (non-hydrogen) atoms. The van der Waals surface area contributed by atoms with Crippen molar-refractivity contribution in [2.75, 3.05) is 0 Å². The molecule has 4 heterocycles. The molecule has 0 aliphatic carbocycles. The minimum atomic E-state index is 1.19. The summed E-state index contributed by atoms with van der Waals surface area (Å²) in [5.74, 6) is 0. The summed E-state index contributed by atoms with van der Waals surface area (Å²) in [6.07, 6.45) is 0. The molecule has 0 spiro atoms. The van der Waals surface area contributed by atoms with Crippen LogP contribution in [0.25, 0.3) is 97.4 Å². The Hall–Kier alpha value is -5.94. The number of nitrogens with zero attached hydrogens (tertiary/aromatic N) is 2. The molecule has 0 aliphatic rings. The lowest BCUT2D eigenvalue weighted by atomic mass is 9.93. The number of benzene rings is 7. The molecule has 0 aliphatic heterocycles. The molecule has 4 heteroatoms. The van der Waals surface area contributed by atoms with Crippen LogP contribution in [0.5, 0.6) is 0 Å². The quantitative estimate of drug-likeness (QED) is 0.176. The molecule has 11 rings (SSSR count). The fraction of sp³-hybridized carbons (Fsp3) is 0. The first kappa shape index (κ1) is 28.0. The van der Waals surface area contributed by atoms with E-state index in [1.165, 1.54) is 97.4 Å². The Morgan fingerprint density at radius 3 is 1.28 bits per heavy atom. The third-order valence-corrected chi connectivity index (χ3v) is 12.1. The van der Waals surface area contributed by atoms with Crippen LogP contribution in [0.2, 0.25) is 0 Å².